The number of aryl methyl sites for hydroxylation is 2. The summed E-state index contributed by atoms with van der Waals surface area (Å²) in [5.41, 5.74) is 14.7. The van der Waals surface area contributed by atoms with Gasteiger partial charge in [0.25, 0.3) is 0 Å². The van der Waals surface area contributed by atoms with Crippen LogP contribution in [0.5, 0.6) is 0 Å². The topological polar surface area (TPSA) is 16.4 Å². The van der Waals surface area contributed by atoms with Gasteiger partial charge >= 0.3 is 0 Å². The van der Waals surface area contributed by atoms with E-state index in [1.54, 1.807) is 0 Å². The van der Waals surface area contributed by atoms with Crippen LogP contribution < -0.4 is 4.90 Å². The molecule has 0 saturated heterocycles. The number of hydrogen-bond donors (Lipinski definition) is 0. The van der Waals surface area contributed by atoms with Crippen molar-refractivity contribution >= 4 is 60.3 Å². The lowest BCUT2D eigenvalue weighted by atomic mass is 9.91. The van der Waals surface area contributed by atoms with E-state index in [4.69, 9.17) is 4.42 Å². The van der Waals surface area contributed by atoms with Gasteiger partial charge in [-0.15, -0.1) is 0 Å². The van der Waals surface area contributed by atoms with Gasteiger partial charge < -0.3 is 9.32 Å². The van der Waals surface area contributed by atoms with Crippen LogP contribution in [0.3, 0.4) is 0 Å². The van der Waals surface area contributed by atoms with Crippen molar-refractivity contribution in [3.8, 4) is 44.7 Å². The number of anilines is 3. The first-order chi connectivity index (χ1) is 29.5. The van der Waals surface area contributed by atoms with Crippen LogP contribution in [-0.4, -0.2) is 0 Å². The van der Waals surface area contributed by atoms with E-state index in [2.05, 4.69) is 231 Å². The molecule has 0 fully saturated rings. The Morgan fingerprint density at radius 3 is 1.38 bits per heavy atom. The van der Waals surface area contributed by atoms with E-state index in [9.17, 15) is 0 Å². The predicted molar refractivity (Wildman–Crippen MR) is 255 cm³/mol. The third kappa shape index (κ3) is 6.31. The third-order valence-corrected chi connectivity index (χ3v) is 12.0. The zero-order valence-electron chi connectivity index (χ0n) is 33.6. The molecule has 2 nitrogen and oxygen atoms in total. The van der Waals surface area contributed by atoms with Gasteiger partial charge in [-0.1, -0.05) is 175 Å². The molecule has 0 aliphatic rings. The molecule has 0 unspecified atom stereocenters. The fourth-order valence-corrected chi connectivity index (χ4v) is 8.85. The minimum atomic E-state index is 0.879. The molecule has 2 heteroatoms. The Hall–Kier alpha value is -7.68. The Labute approximate surface area is 350 Å². The van der Waals surface area contributed by atoms with E-state index < -0.39 is 0 Å². The molecule has 10 aromatic carbocycles. The number of nitrogens with zero attached hydrogens (tertiary/aromatic N) is 1. The zero-order chi connectivity index (χ0) is 40.2. The van der Waals surface area contributed by atoms with E-state index in [-0.39, 0.29) is 0 Å². The molecule has 0 atom stereocenters. The first kappa shape index (κ1) is 35.5. The SMILES string of the molecule is Cc1ccc(-c2oc3cc(-c4ccc(-c5ccc(N(c6ccc7ccccc7c6)c6ccc7ccccc7c6)cc5)c5ccccc45)ccc3c2-c2ccc(C)cc2)cc1. The Balaban J connectivity index is 0.992. The first-order valence-electron chi connectivity index (χ1n) is 20.7. The van der Waals surface area contributed by atoms with Crippen molar-refractivity contribution in [2.45, 2.75) is 13.8 Å². The third-order valence-electron chi connectivity index (χ3n) is 12.0. The molecule has 0 amide bonds. The summed E-state index contributed by atoms with van der Waals surface area (Å²) in [4.78, 5) is 2.36. The summed E-state index contributed by atoms with van der Waals surface area (Å²) in [6.07, 6.45) is 0. The molecule has 0 aliphatic heterocycles. The van der Waals surface area contributed by atoms with E-state index >= 15 is 0 Å². The fraction of sp³-hybridized carbons (Fsp3) is 0.0345. The Morgan fingerprint density at radius 1 is 0.333 bits per heavy atom. The standard InChI is InChI=1S/C58H41NO/c1-38-15-19-43(20-16-38)57-55-32-27-47(37-56(55)60-58(57)44-21-17-39(2)18-22-44)52-34-33-51(53-13-7-8-14-54(52)53)42-25-28-48(29-26-42)59(49-30-23-40-9-3-5-11-45(40)35-49)50-31-24-41-10-4-6-12-46(41)36-50/h3-37H,1-2H3. The Bertz CT molecular complexity index is 3290. The largest absolute Gasteiger partial charge is 0.455 e. The number of furan rings is 1. The lowest BCUT2D eigenvalue weighted by Gasteiger charge is -2.26. The minimum absolute atomic E-state index is 0.879. The van der Waals surface area contributed by atoms with Gasteiger partial charge in [-0.3, -0.25) is 0 Å². The van der Waals surface area contributed by atoms with Gasteiger partial charge in [0, 0.05) is 33.6 Å². The highest BCUT2D eigenvalue weighted by molar-refractivity contribution is 6.08. The van der Waals surface area contributed by atoms with Crippen LogP contribution in [0.2, 0.25) is 0 Å². The van der Waals surface area contributed by atoms with Crippen LogP contribution >= 0.6 is 0 Å². The van der Waals surface area contributed by atoms with Crippen molar-refractivity contribution in [3.63, 3.8) is 0 Å². The summed E-state index contributed by atoms with van der Waals surface area (Å²) in [6, 6.07) is 77.0. The molecule has 0 N–H and O–H groups in total. The van der Waals surface area contributed by atoms with Crippen molar-refractivity contribution in [2.75, 3.05) is 4.90 Å². The van der Waals surface area contributed by atoms with E-state index in [0.29, 0.717) is 0 Å². The molecule has 0 spiro atoms. The summed E-state index contributed by atoms with van der Waals surface area (Å²) in [5.74, 6) is 0.898. The van der Waals surface area contributed by atoms with Crippen molar-refractivity contribution in [2.24, 2.45) is 0 Å². The van der Waals surface area contributed by atoms with Crippen molar-refractivity contribution in [3.05, 3.63) is 223 Å². The molecule has 0 aliphatic carbocycles. The van der Waals surface area contributed by atoms with E-state index in [0.717, 1.165) is 56.0 Å². The van der Waals surface area contributed by atoms with E-state index in [1.807, 2.05) is 0 Å². The molecule has 0 saturated carbocycles. The summed E-state index contributed by atoms with van der Waals surface area (Å²) >= 11 is 0. The maximum atomic E-state index is 6.81. The second-order valence-corrected chi connectivity index (χ2v) is 15.9. The number of benzene rings is 10. The van der Waals surface area contributed by atoms with Crippen LogP contribution in [0.1, 0.15) is 11.1 Å². The van der Waals surface area contributed by atoms with Gasteiger partial charge in [0.2, 0.25) is 0 Å². The van der Waals surface area contributed by atoms with Gasteiger partial charge in [0.05, 0.1) is 0 Å². The zero-order valence-corrected chi connectivity index (χ0v) is 33.6. The Morgan fingerprint density at radius 2 is 0.800 bits per heavy atom. The lowest BCUT2D eigenvalue weighted by Crippen LogP contribution is -2.09. The predicted octanol–water partition coefficient (Wildman–Crippen LogP) is 16.6. The smallest absolute Gasteiger partial charge is 0.143 e. The van der Waals surface area contributed by atoms with Crippen LogP contribution in [0.25, 0.3) is 88.0 Å². The van der Waals surface area contributed by atoms with Crippen LogP contribution in [0.4, 0.5) is 17.1 Å². The quantitative estimate of drug-likeness (QED) is 0.161. The average Bonchev–Trinajstić information content (AvgIpc) is 3.68. The van der Waals surface area contributed by atoms with Gasteiger partial charge in [0.1, 0.15) is 11.3 Å². The Kier molecular flexibility index (Phi) is 8.64. The number of hydrogen-bond acceptors (Lipinski definition) is 2. The summed E-state index contributed by atoms with van der Waals surface area (Å²) in [7, 11) is 0. The molecule has 284 valence electrons. The highest BCUT2D eigenvalue weighted by atomic mass is 16.3. The summed E-state index contributed by atoms with van der Waals surface area (Å²) in [5, 5.41) is 8.42. The number of rotatable bonds is 7. The van der Waals surface area contributed by atoms with E-state index in [1.165, 1.54) is 60.1 Å². The molecule has 60 heavy (non-hydrogen) atoms. The summed E-state index contributed by atoms with van der Waals surface area (Å²) < 4.78 is 6.81. The maximum absolute atomic E-state index is 6.81. The second kappa shape index (κ2) is 14.6. The second-order valence-electron chi connectivity index (χ2n) is 15.9. The number of fused-ring (bicyclic) bond motifs is 4. The monoisotopic (exact) mass is 767 g/mol. The molecule has 1 aromatic heterocycles. The van der Waals surface area contributed by atoms with Gasteiger partial charge in [0.15, 0.2) is 0 Å². The molecular formula is C58H41NO. The fourth-order valence-electron chi connectivity index (χ4n) is 8.85. The average molecular weight is 768 g/mol. The molecular weight excluding hydrogens is 727 g/mol. The van der Waals surface area contributed by atoms with Crippen molar-refractivity contribution < 1.29 is 4.42 Å². The molecule has 0 bridgehead atoms. The molecule has 0 radical (unpaired) electrons. The maximum Gasteiger partial charge on any atom is 0.143 e. The van der Waals surface area contributed by atoms with Crippen LogP contribution in [0, 0.1) is 13.8 Å². The molecule has 11 rings (SSSR count). The highest BCUT2D eigenvalue weighted by Gasteiger charge is 2.20. The van der Waals surface area contributed by atoms with Gasteiger partial charge in [-0.05, 0) is 123 Å². The summed E-state index contributed by atoms with van der Waals surface area (Å²) in [6.45, 7) is 4.25. The van der Waals surface area contributed by atoms with Gasteiger partial charge in [-0.2, -0.15) is 0 Å². The van der Waals surface area contributed by atoms with Crippen molar-refractivity contribution in [1.82, 2.24) is 0 Å². The molecule has 1 heterocycles. The minimum Gasteiger partial charge on any atom is -0.455 e. The normalized spacial score (nSPS) is 11.5. The van der Waals surface area contributed by atoms with Crippen LogP contribution in [-0.2, 0) is 0 Å². The first-order valence-corrected chi connectivity index (χ1v) is 20.7. The lowest BCUT2D eigenvalue weighted by molar-refractivity contribution is 0.632. The van der Waals surface area contributed by atoms with Crippen LogP contribution in [0.15, 0.2) is 217 Å². The molecule has 11 aromatic rings. The van der Waals surface area contributed by atoms with Crippen molar-refractivity contribution in [1.29, 1.82) is 0 Å². The highest BCUT2D eigenvalue weighted by Crippen LogP contribution is 2.44. The van der Waals surface area contributed by atoms with Gasteiger partial charge in [-0.25, -0.2) is 0 Å².